The predicted molar refractivity (Wildman–Crippen MR) is 34.9 cm³/mol. The van der Waals surface area contributed by atoms with E-state index in [0.29, 0.717) is 6.04 Å². The lowest BCUT2D eigenvalue weighted by Gasteiger charge is -1.94. The molecule has 48 valence electrons. The molecule has 1 heterocycles. The van der Waals surface area contributed by atoms with E-state index < -0.39 is 11.0 Å². The molecular weight excluding hydrogens is 122 g/mol. The van der Waals surface area contributed by atoms with Gasteiger partial charge in [-0.15, -0.1) is 0 Å². The Hall–Kier alpha value is 0.110. The van der Waals surface area contributed by atoms with Crippen LogP contribution in [-0.4, -0.2) is 26.9 Å². The van der Waals surface area contributed by atoms with Gasteiger partial charge in [0.15, 0.2) is 0 Å². The first-order valence-corrected chi connectivity index (χ1v) is 4.18. The SMILES string of the molecule is CCS(=O)N1CC1C. The first-order valence-electron chi connectivity index (χ1n) is 2.91. The van der Waals surface area contributed by atoms with Crippen molar-refractivity contribution >= 4 is 11.0 Å². The van der Waals surface area contributed by atoms with Crippen molar-refractivity contribution in [2.45, 2.75) is 19.9 Å². The molecule has 0 aliphatic carbocycles. The zero-order chi connectivity index (χ0) is 6.15. The van der Waals surface area contributed by atoms with Crippen molar-refractivity contribution < 1.29 is 4.21 Å². The van der Waals surface area contributed by atoms with Gasteiger partial charge in [-0.1, -0.05) is 6.92 Å². The van der Waals surface area contributed by atoms with Crippen molar-refractivity contribution in [3.63, 3.8) is 0 Å². The third kappa shape index (κ3) is 1.09. The molecule has 0 N–H and O–H groups in total. The van der Waals surface area contributed by atoms with E-state index in [9.17, 15) is 4.21 Å². The van der Waals surface area contributed by atoms with E-state index in [1.165, 1.54) is 0 Å². The molecule has 1 aliphatic heterocycles. The fraction of sp³-hybridized carbons (Fsp3) is 1.00. The Morgan fingerprint density at radius 1 is 1.88 bits per heavy atom. The molecule has 0 spiro atoms. The Labute approximate surface area is 52.5 Å². The van der Waals surface area contributed by atoms with Crippen LogP contribution >= 0.6 is 0 Å². The van der Waals surface area contributed by atoms with E-state index in [-0.39, 0.29) is 0 Å². The molecule has 1 rings (SSSR count). The summed E-state index contributed by atoms with van der Waals surface area (Å²) in [6.45, 7) is 5.06. The van der Waals surface area contributed by atoms with Crippen molar-refractivity contribution in [1.82, 2.24) is 4.31 Å². The number of nitrogens with zero attached hydrogens (tertiary/aromatic N) is 1. The molecule has 8 heavy (non-hydrogen) atoms. The molecule has 0 bridgehead atoms. The summed E-state index contributed by atoms with van der Waals surface area (Å²) >= 11 is 0. The maximum absolute atomic E-state index is 10.8. The summed E-state index contributed by atoms with van der Waals surface area (Å²) in [4.78, 5) is 0. The third-order valence-corrected chi connectivity index (χ3v) is 2.84. The van der Waals surface area contributed by atoms with E-state index in [4.69, 9.17) is 0 Å². The molecule has 2 nitrogen and oxygen atoms in total. The predicted octanol–water partition coefficient (Wildman–Crippen LogP) is 0.374. The lowest BCUT2D eigenvalue weighted by molar-refractivity contribution is 0.649. The van der Waals surface area contributed by atoms with Gasteiger partial charge in [-0.05, 0) is 6.92 Å². The lowest BCUT2D eigenvalue weighted by Crippen LogP contribution is -2.06. The fourth-order valence-corrected chi connectivity index (χ4v) is 1.78. The second-order valence-electron chi connectivity index (χ2n) is 2.06. The summed E-state index contributed by atoms with van der Waals surface area (Å²) in [5.41, 5.74) is 0. The van der Waals surface area contributed by atoms with Gasteiger partial charge < -0.3 is 0 Å². The summed E-state index contributed by atoms with van der Waals surface area (Å²) in [5, 5.41) is 0. The summed E-state index contributed by atoms with van der Waals surface area (Å²) in [7, 11) is -0.664. The van der Waals surface area contributed by atoms with Crippen LogP contribution in [0.15, 0.2) is 0 Å². The smallest absolute Gasteiger partial charge is 0.0943 e. The number of rotatable bonds is 2. The van der Waals surface area contributed by atoms with Crippen LogP contribution in [0.5, 0.6) is 0 Å². The molecule has 1 fully saturated rings. The molecule has 0 radical (unpaired) electrons. The summed E-state index contributed by atoms with van der Waals surface area (Å²) < 4.78 is 12.8. The van der Waals surface area contributed by atoms with Gasteiger partial charge in [0.05, 0.1) is 11.0 Å². The van der Waals surface area contributed by atoms with Crippen LogP contribution in [0.25, 0.3) is 0 Å². The Balaban J connectivity index is 2.28. The van der Waals surface area contributed by atoms with Gasteiger partial charge in [0, 0.05) is 18.3 Å². The van der Waals surface area contributed by atoms with Gasteiger partial charge in [0.2, 0.25) is 0 Å². The van der Waals surface area contributed by atoms with Gasteiger partial charge in [-0.2, -0.15) is 0 Å². The second-order valence-corrected chi connectivity index (χ2v) is 3.75. The van der Waals surface area contributed by atoms with Crippen molar-refractivity contribution in [3.8, 4) is 0 Å². The molecule has 3 atom stereocenters. The highest BCUT2D eigenvalue weighted by molar-refractivity contribution is 7.82. The van der Waals surface area contributed by atoms with Crippen LogP contribution in [-0.2, 0) is 11.0 Å². The number of hydrogen-bond donors (Lipinski definition) is 0. The third-order valence-electron chi connectivity index (χ3n) is 1.31. The quantitative estimate of drug-likeness (QED) is 0.498. The van der Waals surface area contributed by atoms with Gasteiger partial charge in [-0.25, -0.2) is 8.51 Å². The van der Waals surface area contributed by atoms with Crippen LogP contribution in [0.1, 0.15) is 13.8 Å². The van der Waals surface area contributed by atoms with Crippen molar-refractivity contribution in [2.24, 2.45) is 0 Å². The van der Waals surface area contributed by atoms with Gasteiger partial charge >= 0.3 is 0 Å². The van der Waals surface area contributed by atoms with Gasteiger partial charge in [0.1, 0.15) is 0 Å². The van der Waals surface area contributed by atoms with Crippen LogP contribution in [0.2, 0.25) is 0 Å². The summed E-state index contributed by atoms with van der Waals surface area (Å²) in [5.74, 6) is 0.768. The maximum Gasteiger partial charge on any atom is 0.0943 e. The second kappa shape index (κ2) is 2.15. The van der Waals surface area contributed by atoms with Crippen molar-refractivity contribution in [2.75, 3.05) is 12.3 Å². The van der Waals surface area contributed by atoms with Crippen molar-refractivity contribution in [1.29, 1.82) is 0 Å². The standard InChI is InChI=1S/C5H11NOS/c1-3-8(7)6-4-5(6)2/h5H,3-4H2,1-2H3. The van der Waals surface area contributed by atoms with Crippen LogP contribution in [0, 0.1) is 0 Å². The zero-order valence-electron chi connectivity index (χ0n) is 5.26. The Kier molecular flexibility index (Phi) is 1.68. The van der Waals surface area contributed by atoms with Gasteiger partial charge in [0.25, 0.3) is 0 Å². The Morgan fingerprint density at radius 3 is 2.50 bits per heavy atom. The Morgan fingerprint density at radius 2 is 2.38 bits per heavy atom. The van der Waals surface area contributed by atoms with Crippen LogP contribution in [0.3, 0.4) is 0 Å². The Bertz CT molecular complexity index is 115. The van der Waals surface area contributed by atoms with Crippen LogP contribution < -0.4 is 0 Å². The molecule has 3 unspecified atom stereocenters. The topological polar surface area (TPSA) is 20.1 Å². The van der Waals surface area contributed by atoms with E-state index in [1.54, 1.807) is 0 Å². The summed E-state index contributed by atoms with van der Waals surface area (Å²) in [6.07, 6.45) is 0. The highest BCUT2D eigenvalue weighted by Crippen LogP contribution is 2.18. The minimum Gasteiger partial charge on any atom is -0.243 e. The normalized spacial score (nSPS) is 39.2. The van der Waals surface area contributed by atoms with Gasteiger partial charge in [-0.3, -0.25) is 0 Å². The molecule has 0 aromatic carbocycles. The number of hydrogen-bond acceptors (Lipinski definition) is 1. The average molecular weight is 133 g/mol. The molecule has 0 aromatic heterocycles. The molecule has 1 aliphatic rings. The maximum atomic E-state index is 10.8. The lowest BCUT2D eigenvalue weighted by atomic mass is 10.6. The summed E-state index contributed by atoms with van der Waals surface area (Å²) in [6, 6.07) is 0.579. The van der Waals surface area contributed by atoms with E-state index in [0.717, 1.165) is 12.3 Å². The van der Waals surface area contributed by atoms with Crippen molar-refractivity contribution in [3.05, 3.63) is 0 Å². The molecule has 0 amide bonds. The minimum atomic E-state index is -0.664. The average Bonchev–Trinajstić information content (AvgIpc) is 2.45. The highest BCUT2D eigenvalue weighted by atomic mass is 32.2. The first kappa shape index (κ1) is 6.23. The van der Waals surface area contributed by atoms with E-state index in [2.05, 4.69) is 6.92 Å². The fourth-order valence-electron chi connectivity index (χ4n) is 0.663. The molecular formula is C5H11NOS. The molecule has 3 heteroatoms. The molecule has 1 saturated heterocycles. The molecule has 0 aromatic rings. The monoisotopic (exact) mass is 133 g/mol. The minimum absolute atomic E-state index is 0.579. The van der Waals surface area contributed by atoms with E-state index in [1.807, 2.05) is 11.2 Å². The van der Waals surface area contributed by atoms with E-state index >= 15 is 0 Å². The molecule has 0 saturated carbocycles. The first-order chi connectivity index (χ1) is 3.75. The largest absolute Gasteiger partial charge is 0.243 e. The highest BCUT2D eigenvalue weighted by Gasteiger charge is 2.33. The zero-order valence-corrected chi connectivity index (χ0v) is 6.07. The van der Waals surface area contributed by atoms with Crippen LogP contribution in [0.4, 0.5) is 0 Å².